The second-order valence-electron chi connectivity index (χ2n) is 4.98. The number of hydrogen-bond donors (Lipinski definition) is 2. The molecule has 3 aromatic carbocycles. The molecule has 0 fully saturated rings. The Morgan fingerprint density at radius 2 is 0.905 bits per heavy atom. The van der Waals surface area contributed by atoms with Gasteiger partial charge in [0.2, 0.25) is 5.79 Å². The van der Waals surface area contributed by atoms with Crippen molar-refractivity contribution in [3.63, 3.8) is 0 Å². The molecule has 0 aliphatic heterocycles. The standard InChI is InChI=1S/C19H16O2/c20-19(21,17-9-5-2-6-10-17)18-13-11-16(12-14-18)15-7-3-1-4-8-15/h1-14,20-21H. The van der Waals surface area contributed by atoms with Crippen LogP contribution in [0.1, 0.15) is 11.1 Å². The van der Waals surface area contributed by atoms with Crippen LogP contribution in [0.2, 0.25) is 0 Å². The fourth-order valence-corrected chi connectivity index (χ4v) is 2.36. The molecule has 21 heavy (non-hydrogen) atoms. The van der Waals surface area contributed by atoms with E-state index >= 15 is 0 Å². The van der Waals surface area contributed by atoms with Crippen LogP contribution in [0.4, 0.5) is 0 Å². The minimum Gasteiger partial charge on any atom is -0.358 e. The van der Waals surface area contributed by atoms with Gasteiger partial charge in [-0.05, 0) is 11.1 Å². The predicted octanol–water partition coefficient (Wildman–Crippen LogP) is 3.54. The van der Waals surface area contributed by atoms with E-state index in [1.807, 2.05) is 48.5 Å². The van der Waals surface area contributed by atoms with Gasteiger partial charge in [-0.1, -0.05) is 84.9 Å². The summed E-state index contributed by atoms with van der Waals surface area (Å²) in [6.07, 6.45) is 0. The molecule has 3 rings (SSSR count). The molecule has 0 radical (unpaired) electrons. The summed E-state index contributed by atoms with van der Waals surface area (Å²) in [5.41, 5.74) is 3.05. The monoisotopic (exact) mass is 276 g/mol. The van der Waals surface area contributed by atoms with Gasteiger partial charge in [0.05, 0.1) is 0 Å². The first kappa shape index (κ1) is 13.6. The Hall–Kier alpha value is -2.42. The zero-order valence-electron chi connectivity index (χ0n) is 11.5. The Morgan fingerprint density at radius 3 is 1.48 bits per heavy atom. The molecular weight excluding hydrogens is 260 g/mol. The van der Waals surface area contributed by atoms with Crippen molar-refractivity contribution in [2.24, 2.45) is 0 Å². The first-order valence-corrected chi connectivity index (χ1v) is 6.84. The van der Waals surface area contributed by atoms with Gasteiger partial charge in [-0.3, -0.25) is 0 Å². The van der Waals surface area contributed by atoms with Crippen LogP contribution in [0.5, 0.6) is 0 Å². The normalized spacial score (nSPS) is 11.3. The van der Waals surface area contributed by atoms with Crippen LogP contribution in [0.15, 0.2) is 84.9 Å². The zero-order valence-corrected chi connectivity index (χ0v) is 11.5. The maximum absolute atomic E-state index is 10.4. The van der Waals surface area contributed by atoms with Gasteiger partial charge in [0.1, 0.15) is 0 Å². The van der Waals surface area contributed by atoms with Crippen LogP contribution in [-0.2, 0) is 5.79 Å². The van der Waals surface area contributed by atoms with Crippen molar-refractivity contribution >= 4 is 0 Å². The molecule has 0 aromatic heterocycles. The molecule has 2 N–H and O–H groups in total. The summed E-state index contributed by atoms with van der Waals surface area (Å²) < 4.78 is 0. The van der Waals surface area contributed by atoms with Crippen LogP contribution in [0, 0.1) is 0 Å². The van der Waals surface area contributed by atoms with E-state index in [1.165, 1.54) is 0 Å². The zero-order chi connectivity index (χ0) is 14.7. The molecule has 0 atom stereocenters. The quantitative estimate of drug-likeness (QED) is 0.718. The van der Waals surface area contributed by atoms with Gasteiger partial charge >= 0.3 is 0 Å². The average Bonchev–Trinajstić information content (AvgIpc) is 2.57. The van der Waals surface area contributed by atoms with Gasteiger partial charge in [-0.25, -0.2) is 0 Å². The number of aliphatic hydroxyl groups is 2. The third-order valence-electron chi connectivity index (χ3n) is 3.57. The summed E-state index contributed by atoms with van der Waals surface area (Å²) in [4.78, 5) is 0. The topological polar surface area (TPSA) is 40.5 Å². The average molecular weight is 276 g/mol. The van der Waals surface area contributed by atoms with Crippen molar-refractivity contribution in [2.75, 3.05) is 0 Å². The molecule has 0 saturated heterocycles. The summed E-state index contributed by atoms with van der Waals surface area (Å²) in [5, 5.41) is 20.7. The van der Waals surface area contributed by atoms with E-state index in [0.717, 1.165) is 11.1 Å². The van der Waals surface area contributed by atoms with E-state index in [1.54, 1.807) is 36.4 Å². The molecule has 0 spiro atoms. The SMILES string of the molecule is OC(O)(c1ccccc1)c1ccc(-c2ccccc2)cc1. The van der Waals surface area contributed by atoms with Gasteiger partial charge in [0, 0.05) is 11.1 Å². The molecule has 2 nitrogen and oxygen atoms in total. The summed E-state index contributed by atoms with van der Waals surface area (Å²) >= 11 is 0. The van der Waals surface area contributed by atoms with Crippen LogP contribution < -0.4 is 0 Å². The largest absolute Gasteiger partial charge is 0.358 e. The second-order valence-corrected chi connectivity index (χ2v) is 4.98. The fourth-order valence-electron chi connectivity index (χ4n) is 2.36. The Balaban J connectivity index is 1.94. The van der Waals surface area contributed by atoms with Crippen molar-refractivity contribution in [2.45, 2.75) is 5.79 Å². The Labute approximate surface area is 123 Å². The van der Waals surface area contributed by atoms with Crippen LogP contribution in [0.25, 0.3) is 11.1 Å². The van der Waals surface area contributed by atoms with E-state index in [0.29, 0.717) is 11.1 Å². The lowest BCUT2D eigenvalue weighted by molar-refractivity contribution is -0.132. The molecule has 0 aliphatic rings. The van der Waals surface area contributed by atoms with Gasteiger partial charge in [0.25, 0.3) is 0 Å². The minimum absolute atomic E-state index is 0.452. The maximum atomic E-state index is 10.4. The van der Waals surface area contributed by atoms with E-state index in [9.17, 15) is 10.2 Å². The third-order valence-corrected chi connectivity index (χ3v) is 3.57. The highest BCUT2D eigenvalue weighted by Gasteiger charge is 2.27. The Morgan fingerprint density at radius 1 is 0.476 bits per heavy atom. The van der Waals surface area contributed by atoms with Crippen LogP contribution in [-0.4, -0.2) is 10.2 Å². The molecule has 0 unspecified atom stereocenters. The van der Waals surface area contributed by atoms with Crippen LogP contribution in [0.3, 0.4) is 0 Å². The maximum Gasteiger partial charge on any atom is 0.217 e. The third kappa shape index (κ3) is 2.72. The minimum atomic E-state index is -1.98. The molecule has 2 heteroatoms. The highest BCUT2D eigenvalue weighted by molar-refractivity contribution is 5.63. The summed E-state index contributed by atoms with van der Waals surface area (Å²) in [6, 6.07) is 26.1. The molecule has 0 amide bonds. The first-order chi connectivity index (χ1) is 10.2. The van der Waals surface area contributed by atoms with Crippen molar-refractivity contribution in [3.8, 4) is 11.1 Å². The molecule has 0 heterocycles. The molecule has 0 aliphatic carbocycles. The summed E-state index contributed by atoms with van der Waals surface area (Å²) in [6.45, 7) is 0. The molecule has 104 valence electrons. The van der Waals surface area contributed by atoms with Crippen molar-refractivity contribution < 1.29 is 10.2 Å². The Kier molecular flexibility index (Phi) is 3.57. The molecule has 3 aromatic rings. The van der Waals surface area contributed by atoms with E-state index in [-0.39, 0.29) is 0 Å². The van der Waals surface area contributed by atoms with Crippen molar-refractivity contribution in [1.29, 1.82) is 0 Å². The summed E-state index contributed by atoms with van der Waals surface area (Å²) in [7, 11) is 0. The number of benzene rings is 3. The lowest BCUT2D eigenvalue weighted by Crippen LogP contribution is -2.26. The fraction of sp³-hybridized carbons (Fsp3) is 0.0526. The molecular formula is C19H16O2. The van der Waals surface area contributed by atoms with Gasteiger partial charge < -0.3 is 10.2 Å². The lowest BCUT2D eigenvalue weighted by atomic mass is 9.95. The second kappa shape index (κ2) is 5.52. The highest BCUT2D eigenvalue weighted by atomic mass is 16.5. The lowest BCUT2D eigenvalue weighted by Gasteiger charge is -2.22. The van der Waals surface area contributed by atoms with Gasteiger partial charge in [0.15, 0.2) is 0 Å². The van der Waals surface area contributed by atoms with Gasteiger partial charge in [-0.2, -0.15) is 0 Å². The smallest absolute Gasteiger partial charge is 0.217 e. The van der Waals surface area contributed by atoms with E-state index in [4.69, 9.17) is 0 Å². The van der Waals surface area contributed by atoms with E-state index < -0.39 is 5.79 Å². The van der Waals surface area contributed by atoms with Crippen molar-refractivity contribution in [1.82, 2.24) is 0 Å². The first-order valence-electron chi connectivity index (χ1n) is 6.84. The molecule has 0 saturated carbocycles. The van der Waals surface area contributed by atoms with Crippen LogP contribution >= 0.6 is 0 Å². The number of rotatable bonds is 3. The predicted molar refractivity (Wildman–Crippen MR) is 83.5 cm³/mol. The van der Waals surface area contributed by atoms with Gasteiger partial charge in [-0.15, -0.1) is 0 Å². The summed E-state index contributed by atoms with van der Waals surface area (Å²) in [5.74, 6) is -1.98. The molecule has 0 bridgehead atoms. The van der Waals surface area contributed by atoms with Crippen molar-refractivity contribution in [3.05, 3.63) is 96.1 Å². The highest BCUT2D eigenvalue weighted by Crippen LogP contribution is 2.28. The van der Waals surface area contributed by atoms with E-state index in [2.05, 4.69) is 0 Å². The number of hydrogen-bond acceptors (Lipinski definition) is 2. The Bertz CT molecular complexity index is 702.